The summed E-state index contributed by atoms with van der Waals surface area (Å²) in [7, 11) is 1.63. The molecule has 168 valence electrons. The lowest BCUT2D eigenvalue weighted by Gasteiger charge is -2.30. The summed E-state index contributed by atoms with van der Waals surface area (Å²) >= 11 is 0. The minimum atomic E-state index is -0.254. The van der Waals surface area contributed by atoms with Crippen LogP contribution in [-0.2, 0) is 11.3 Å². The quantitative estimate of drug-likeness (QED) is 0.528. The Kier molecular flexibility index (Phi) is 6.80. The first-order valence-corrected chi connectivity index (χ1v) is 10.9. The molecule has 8 heteroatoms. The van der Waals surface area contributed by atoms with Crippen LogP contribution in [0, 0.1) is 6.92 Å². The summed E-state index contributed by atoms with van der Waals surface area (Å²) in [6.45, 7) is 4.22. The van der Waals surface area contributed by atoms with Crippen LogP contribution in [0.1, 0.15) is 47.0 Å². The first-order chi connectivity index (χ1) is 15.6. The number of ether oxygens (including phenoxy) is 1. The number of hydrogen-bond acceptors (Lipinski definition) is 6. The third-order valence-electron chi connectivity index (χ3n) is 5.88. The summed E-state index contributed by atoms with van der Waals surface area (Å²) in [6, 6.07) is 11.4. The molecule has 4 rings (SSSR count). The summed E-state index contributed by atoms with van der Waals surface area (Å²) in [5, 5.41) is 4.13. The molecule has 0 bridgehead atoms. The monoisotopic (exact) mass is 436 g/mol. The molecule has 2 aromatic heterocycles. The molecule has 1 saturated heterocycles. The van der Waals surface area contributed by atoms with Crippen LogP contribution in [-0.4, -0.2) is 52.3 Å². The largest absolute Gasteiger partial charge is 0.385 e. The van der Waals surface area contributed by atoms with E-state index in [1.807, 2.05) is 31.2 Å². The molecule has 0 N–H and O–H groups in total. The van der Waals surface area contributed by atoms with Gasteiger partial charge < -0.3 is 18.7 Å². The van der Waals surface area contributed by atoms with Crippen LogP contribution in [0.5, 0.6) is 0 Å². The highest BCUT2D eigenvalue weighted by Crippen LogP contribution is 2.29. The second-order valence-electron chi connectivity index (χ2n) is 8.16. The topological polar surface area (TPSA) is 90.5 Å². The summed E-state index contributed by atoms with van der Waals surface area (Å²) in [6.07, 6.45) is 3.86. The number of carbonyl (C=O) groups excluding carboxylic acids is 1. The maximum absolute atomic E-state index is 13.0. The van der Waals surface area contributed by atoms with Crippen LogP contribution in [0.2, 0.25) is 0 Å². The van der Waals surface area contributed by atoms with Crippen molar-refractivity contribution in [2.75, 3.05) is 26.8 Å². The summed E-state index contributed by atoms with van der Waals surface area (Å²) in [5.74, 6) is 1.07. The molecule has 0 unspecified atom stereocenters. The van der Waals surface area contributed by atoms with Gasteiger partial charge in [-0.1, -0.05) is 35.0 Å². The van der Waals surface area contributed by atoms with E-state index >= 15 is 0 Å². The zero-order valence-corrected chi connectivity index (χ0v) is 18.5. The highest BCUT2D eigenvalue weighted by atomic mass is 16.5. The standard InChI is InChI=1S/C24H28N4O4/c1-17-6-8-18(9-7-17)21-25-22(32-26-21)19-10-14-28(15-11-19)24(30)20-5-3-12-27(23(20)29)13-4-16-31-2/h3,5-9,12,19H,4,10-11,13-16H2,1-2H3. The lowest BCUT2D eigenvalue weighted by molar-refractivity contribution is 0.0702. The SMILES string of the molecule is COCCCn1cccc(C(=O)N2CCC(c3nc(-c4ccc(C)cc4)no3)CC2)c1=O. The van der Waals surface area contributed by atoms with Gasteiger partial charge in [-0.15, -0.1) is 0 Å². The lowest BCUT2D eigenvalue weighted by atomic mass is 9.96. The fraction of sp³-hybridized carbons (Fsp3) is 0.417. The van der Waals surface area contributed by atoms with Crippen molar-refractivity contribution in [1.29, 1.82) is 0 Å². The Morgan fingerprint density at radius 2 is 1.94 bits per heavy atom. The number of benzene rings is 1. The Balaban J connectivity index is 1.39. The Morgan fingerprint density at radius 1 is 1.19 bits per heavy atom. The summed E-state index contributed by atoms with van der Waals surface area (Å²) in [5.41, 5.74) is 2.05. The smallest absolute Gasteiger partial charge is 0.263 e. The van der Waals surface area contributed by atoms with Crippen LogP contribution in [0.3, 0.4) is 0 Å². The second kappa shape index (κ2) is 9.91. The molecule has 1 aromatic carbocycles. The third-order valence-corrected chi connectivity index (χ3v) is 5.88. The van der Waals surface area contributed by atoms with Gasteiger partial charge in [0.15, 0.2) is 0 Å². The number of methoxy groups -OCH3 is 1. The van der Waals surface area contributed by atoms with Gasteiger partial charge in [-0.2, -0.15) is 4.98 Å². The van der Waals surface area contributed by atoms with Gasteiger partial charge in [0.05, 0.1) is 0 Å². The number of pyridine rings is 1. The van der Waals surface area contributed by atoms with Crippen molar-refractivity contribution in [3.8, 4) is 11.4 Å². The summed E-state index contributed by atoms with van der Waals surface area (Å²) < 4.78 is 12.1. The molecule has 0 atom stereocenters. The minimum absolute atomic E-state index is 0.104. The molecule has 0 radical (unpaired) electrons. The molecule has 0 saturated carbocycles. The maximum atomic E-state index is 13.0. The number of aryl methyl sites for hydroxylation is 2. The molecular formula is C24H28N4O4. The minimum Gasteiger partial charge on any atom is -0.385 e. The molecule has 0 spiro atoms. The van der Waals surface area contributed by atoms with Crippen LogP contribution >= 0.6 is 0 Å². The highest BCUT2D eigenvalue weighted by molar-refractivity contribution is 5.93. The van der Waals surface area contributed by atoms with E-state index in [2.05, 4.69) is 10.1 Å². The van der Waals surface area contributed by atoms with Gasteiger partial charge in [-0.25, -0.2) is 0 Å². The van der Waals surface area contributed by atoms with E-state index in [0.717, 1.165) is 18.4 Å². The predicted molar refractivity (Wildman–Crippen MR) is 120 cm³/mol. The van der Waals surface area contributed by atoms with Crippen molar-refractivity contribution in [1.82, 2.24) is 19.6 Å². The van der Waals surface area contributed by atoms with E-state index in [1.165, 1.54) is 5.56 Å². The molecular weight excluding hydrogens is 408 g/mol. The molecule has 3 heterocycles. The summed E-state index contributed by atoms with van der Waals surface area (Å²) in [4.78, 5) is 32.1. The van der Waals surface area contributed by atoms with Crippen LogP contribution in [0.4, 0.5) is 0 Å². The van der Waals surface area contributed by atoms with Crippen molar-refractivity contribution in [2.24, 2.45) is 0 Å². The Morgan fingerprint density at radius 3 is 2.66 bits per heavy atom. The van der Waals surface area contributed by atoms with E-state index in [-0.39, 0.29) is 22.9 Å². The molecule has 0 aliphatic carbocycles. The second-order valence-corrected chi connectivity index (χ2v) is 8.16. The molecule has 1 aliphatic rings. The zero-order chi connectivity index (χ0) is 22.5. The van der Waals surface area contributed by atoms with Crippen molar-refractivity contribution in [3.05, 3.63) is 70.0 Å². The van der Waals surface area contributed by atoms with Crippen molar-refractivity contribution >= 4 is 5.91 Å². The number of nitrogens with zero attached hydrogens (tertiary/aromatic N) is 4. The van der Waals surface area contributed by atoms with Crippen molar-refractivity contribution in [3.63, 3.8) is 0 Å². The first kappa shape index (κ1) is 22.0. The van der Waals surface area contributed by atoms with Gasteiger partial charge in [-0.3, -0.25) is 9.59 Å². The van der Waals surface area contributed by atoms with Gasteiger partial charge >= 0.3 is 0 Å². The van der Waals surface area contributed by atoms with E-state index in [0.29, 0.717) is 44.4 Å². The Hall–Kier alpha value is -3.26. The average molecular weight is 437 g/mol. The van der Waals surface area contributed by atoms with E-state index in [1.54, 1.807) is 34.9 Å². The van der Waals surface area contributed by atoms with Gasteiger partial charge in [0.25, 0.3) is 11.5 Å². The fourth-order valence-corrected chi connectivity index (χ4v) is 3.98. The van der Waals surface area contributed by atoms with Crippen LogP contribution in [0.15, 0.2) is 51.9 Å². The molecule has 32 heavy (non-hydrogen) atoms. The number of carbonyl (C=O) groups is 1. The van der Waals surface area contributed by atoms with E-state index in [4.69, 9.17) is 9.26 Å². The number of hydrogen-bond donors (Lipinski definition) is 0. The number of rotatable bonds is 7. The number of aromatic nitrogens is 3. The van der Waals surface area contributed by atoms with Crippen LogP contribution in [0.25, 0.3) is 11.4 Å². The van der Waals surface area contributed by atoms with Gasteiger partial charge in [-0.05, 0) is 38.3 Å². The normalized spacial score (nSPS) is 14.6. The van der Waals surface area contributed by atoms with Gasteiger partial charge in [0.1, 0.15) is 5.56 Å². The van der Waals surface area contributed by atoms with Crippen LogP contribution < -0.4 is 5.56 Å². The predicted octanol–water partition coefficient (Wildman–Crippen LogP) is 3.26. The van der Waals surface area contributed by atoms with E-state index in [9.17, 15) is 9.59 Å². The maximum Gasteiger partial charge on any atom is 0.263 e. The van der Waals surface area contributed by atoms with E-state index < -0.39 is 0 Å². The zero-order valence-electron chi connectivity index (χ0n) is 18.5. The molecule has 1 aliphatic heterocycles. The first-order valence-electron chi connectivity index (χ1n) is 10.9. The highest BCUT2D eigenvalue weighted by Gasteiger charge is 2.29. The lowest BCUT2D eigenvalue weighted by Crippen LogP contribution is -2.41. The third kappa shape index (κ3) is 4.80. The Bertz CT molecular complexity index is 1110. The average Bonchev–Trinajstić information content (AvgIpc) is 3.31. The molecule has 1 fully saturated rings. The molecule has 1 amide bonds. The Labute approximate surface area is 186 Å². The number of likely N-dealkylation sites (tertiary alicyclic amines) is 1. The number of amides is 1. The van der Waals surface area contributed by atoms with Gasteiger partial charge in [0, 0.05) is 51.0 Å². The number of piperidine rings is 1. The molecule has 3 aromatic rings. The fourth-order valence-electron chi connectivity index (χ4n) is 3.98. The van der Waals surface area contributed by atoms with Crippen molar-refractivity contribution < 1.29 is 14.1 Å². The van der Waals surface area contributed by atoms with Gasteiger partial charge in [0.2, 0.25) is 11.7 Å². The molecule has 8 nitrogen and oxygen atoms in total. The van der Waals surface area contributed by atoms with Crippen molar-refractivity contribution in [2.45, 2.75) is 38.6 Å².